The van der Waals surface area contributed by atoms with Gasteiger partial charge in [-0.2, -0.15) is 0 Å². The first-order valence-electron chi connectivity index (χ1n) is 9.82. The number of nitrogens with one attached hydrogen (secondary N) is 2. The third-order valence-corrected chi connectivity index (χ3v) is 6.47. The SMILES string of the molecule is CCC1C=CNC(c2sc(-c3ccnc(NC)c3)cc2C(O)c2ccc(Cl)cc2)=N1. The van der Waals surface area contributed by atoms with E-state index in [1.807, 2.05) is 43.6 Å². The molecule has 1 aliphatic heterocycles. The second kappa shape index (κ2) is 9.00. The van der Waals surface area contributed by atoms with Crippen LogP contribution >= 0.6 is 22.9 Å². The van der Waals surface area contributed by atoms with Gasteiger partial charge in [-0.05, 0) is 54.0 Å². The third kappa shape index (κ3) is 4.26. The molecule has 3 heterocycles. The van der Waals surface area contributed by atoms with Crippen molar-refractivity contribution in [3.63, 3.8) is 0 Å². The minimum absolute atomic E-state index is 0.129. The van der Waals surface area contributed by atoms with E-state index in [4.69, 9.17) is 16.6 Å². The average molecular weight is 439 g/mol. The van der Waals surface area contributed by atoms with Gasteiger partial charge in [-0.25, -0.2) is 4.98 Å². The van der Waals surface area contributed by atoms with Gasteiger partial charge < -0.3 is 15.7 Å². The molecule has 2 unspecified atom stereocenters. The van der Waals surface area contributed by atoms with E-state index in [9.17, 15) is 5.11 Å². The Hall–Kier alpha value is -2.67. The maximum atomic E-state index is 11.2. The van der Waals surface area contributed by atoms with Crippen molar-refractivity contribution < 1.29 is 5.11 Å². The van der Waals surface area contributed by atoms with Crippen LogP contribution in [0.3, 0.4) is 0 Å². The van der Waals surface area contributed by atoms with Crippen molar-refractivity contribution in [2.75, 3.05) is 12.4 Å². The first-order chi connectivity index (χ1) is 14.6. The van der Waals surface area contributed by atoms with E-state index >= 15 is 0 Å². The molecule has 3 aromatic rings. The molecule has 0 amide bonds. The first-order valence-corrected chi connectivity index (χ1v) is 11.0. The molecule has 2 aromatic heterocycles. The number of aliphatic hydroxyl groups excluding tert-OH is 1. The fourth-order valence-corrected chi connectivity index (χ4v) is 4.59. The van der Waals surface area contributed by atoms with Crippen molar-refractivity contribution >= 4 is 34.6 Å². The van der Waals surface area contributed by atoms with Crippen LogP contribution in [0.15, 0.2) is 65.9 Å². The van der Waals surface area contributed by atoms with E-state index in [-0.39, 0.29) is 6.04 Å². The second-order valence-corrected chi connectivity index (χ2v) is 8.47. The van der Waals surface area contributed by atoms with Gasteiger partial charge in [-0.15, -0.1) is 11.3 Å². The molecule has 0 bridgehead atoms. The molecule has 154 valence electrons. The molecule has 4 rings (SSSR count). The third-order valence-electron chi connectivity index (χ3n) is 5.01. The molecule has 2 atom stereocenters. The fraction of sp³-hybridized carbons (Fsp3) is 0.217. The topological polar surface area (TPSA) is 69.5 Å². The quantitative estimate of drug-likeness (QED) is 0.493. The van der Waals surface area contributed by atoms with Crippen LogP contribution in [0.25, 0.3) is 10.4 Å². The van der Waals surface area contributed by atoms with Gasteiger partial charge >= 0.3 is 0 Å². The van der Waals surface area contributed by atoms with Crippen LogP contribution in [0.2, 0.25) is 5.02 Å². The molecule has 0 fully saturated rings. The summed E-state index contributed by atoms with van der Waals surface area (Å²) >= 11 is 7.64. The first kappa shape index (κ1) is 20.6. The van der Waals surface area contributed by atoms with E-state index in [0.29, 0.717) is 5.02 Å². The summed E-state index contributed by atoms with van der Waals surface area (Å²) in [6.45, 7) is 2.11. The van der Waals surface area contributed by atoms with Gasteiger partial charge in [0.2, 0.25) is 0 Å². The number of benzene rings is 1. The summed E-state index contributed by atoms with van der Waals surface area (Å²) in [5.41, 5.74) is 2.64. The zero-order valence-electron chi connectivity index (χ0n) is 16.8. The molecule has 0 saturated carbocycles. The molecule has 0 radical (unpaired) electrons. The van der Waals surface area contributed by atoms with E-state index in [1.165, 1.54) is 0 Å². The number of pyridine rings is 1. The minimum Gasteiger partial charge on any atom is -0.384 e. The number of thiophene rings is 1. The Kier molecular flexibility index (Phi) is 6.18. The Balaban J connectivity index is 1.81. The second-order valence-electron chi connectivity index (χ2n) is 6.99. The maximum Gasteiger partial charge on any atom is 0.143 e. The minimum atomic E-state index is -0.789. The highest BCUT2D eigenvalue weighted by Gasteiger charge is 2.23. The van der Waals surface area contributed by atoms with Gasteiger partial charge in [0.05, 0.1) is 10.9 Å². The number of halogens is 1. The lowest BCUT2D eigenvalue weighted by Crippen LogP contribution is -2.25. The predicted molar refractivity (Wildman–Crippen MR) is 126 cm³/mol. The number of aliphatic imine (C=N–C) groups is 1. The predicted octanol–water partition coefficient (Wildman–Crippen LogP) is 5.23. The smallest absolute Gasteiger partial charge is 0.143 e. The van der Waals surface area contributed by atoms with Crippen molar-refractivity contribution in [2.24, 2.45) is 4.99 Å². The average Bonchev–Trinajstić information content (AvgIpc) is 3.25. The van der Waals surface area contributed by atoms with Crippen LogP contribution in [-0.4, -0.2) is 29.0 Å². The molecule has 0 spiro atoms. The number of rotatable bonds is 6. The van der Waals surface area contributed by atoms with Gasteiger partial charge in [0.1, 0.15) is 17.8 Å². The highest BCUT2D eigenvalue weighted by molar-refractivity contribution is 7.17. The maximum absolute atomic E-state index is 11.2. The molecule has 5 nitrogen and oxygen atoms in total. The van der Waals surface area contributed by atoms with E-state index in [0.717, 1.165) is 44.5 Å². The van der Waals surface area contributed by atoms with Crippen LogP contribution in [0.1, 0.15) is 35.5 Å². The van der Waals surface area contributed by atoms with Crippen molar-refractivity contribution in [1.82, 2.24) is 10.3 Å². The number of aromatic nitrogens is 1. The number of hydrogen-bond acceptors (Lipinski definition) is 6. The summed E-state index contributed by atoms with van der Waals surface area (Å²) in [5.74, 6) is 1.58. The van der Waals surface area contributed by atoms with E-state index in [1.54, 1.807) is 29.7 Å². The highest BCUT2D eigenvalue weighted by Crippen LogP contribution is 2.38. The highest BCUT2D eigenvalue weighted by atomic mass is 35.5. The van der Waals surface area contributed by atoms with Crippen molar-refractivity contribution in [1.29, 1.82) is 0 Å². The Morgan fingerprint density at radius 3 is 2.77 bits per heavy atom. The fourth-order valence-electron chi connectivity index (χ4n) is 3.32. The van der Waals surface area contributed by atoms with Gasteiger partial charge in [0.25, 0.3) is 0 Å². The summed E-state index contributed by atoms with van der Waals surface area (Å²) in [6.07, 6.45) is 5.89. The lowest BCUT2D eigenvalue weighted by atomic mass is 10.0. The number of hydrogen-bond donors (Lipinski definition) is 3. The monoisotopic (exact) mass is 438 g/mol. The van der Waals surface area contributed by atoms with Gasteiger partial charge in [0, 0.05) is 34.9 Å². The van der Waals surface area contributed by atoms with Crippen LogP contribution < -0.4 is 10.6 Å². The molecular formula is C23H23ClN4OS. The molecule has 1 aliphatic rings. The van der Waals surface area contributed by atoms with Crippen LogP contribution in [0.4, 0.5) is 5.82 Å². The number of anilines is 1. The normalized spacial score (nSPS) is 16.7. The van der Waals surface area contributed by atoms with Crippen LogP contribution in [0.5, 0.6) is 0 Å². The van der Waals surface area contributed by atoms with Crippen molar-refractivity contribution in [3.8, 4) is 10.4 Å². The Labute approximate surface area is 185 Å². The molecule has 1 aromatic carbocycles. The Morgan fingerprint density at radius 2 is 2.03 bits per heavy atom. The molecule has 0 aliphatic carbocycles. The standard InChI is InChI=1S/C23H23ClN4OS/c1-3-17-9-11-27-23(28-17)22-18(21(29)14-4-6-16(24)7-5-14)13-19(30-22)15-8-10-26-20(12-15)25-2/h4-13,17,21,29H,3H2,1-2H3,(H,25,26)(H,27,28). The summed E-state index contributed by atoms with van der Waals surface area (Å²) < 4.78 is 0. The van der Waals surface area contributed by atoms with E-state index in [2.05, 4.69) is 28.6 Å². The summed E-state index contributed by atoms with van der Waals surface area (Å²) in [4.78, 5) is 11.1. The molecule has 30 heavy (non-hydrogen) atoms. The summed E-state index contributed by atoms with van der Waals surface area (Å²) in [6, 6.07) is 13.4. The zero-order valence-corrected chi connectivity index (χ0v) is 18.3. The Bertz CT molecular complexity index is 1090. The number of aliphatic hydroxyl groups is 1. The lowest BCUT2D eigenvalue weighted by Gasteiger charge is -2.18. The van der Waals surface area contributed by atoms with E-state index < -0.39 is 6.10 Å². The molecule has 0 saturated heterocycles. The number of nitrogens with zero attached hydrogens (tertiary/aromatic N) is 2. The van der Waals surface area contributed by atoms with Crippen LogP contribution in [0, 0.1) is 0 Å². The van der Waals surface area contributed by atoms with Gasteiger partial charge in [-0.1, -0.05) is 30.7 Å². The lowest BCUT2D eigenvalue weighted by molar-refractivity contribution is 0.220. The van der Waals surface area contributed by atoms with Gasteiger partial charge in [-0.3, -0.25) is 4.99 Å². The zero-order chi connectivity index (χ0) is 21.1. The molecule has 3 N–H and O–H groups in total. The van der Waals surface area contributed by atoms with Crippen LogP contribution in [-0.2, 0) is 0 Å². The molecule has 7 heteroatoms. The van der Waals surface area contributed by atoms with Crippen molar-refractivity contribution in [3.05, 3.63) is 82.0 Å². The van der Waals surface area contributed by atoms with Crippen molar-refractivity contribution in [2.45, 2.75) is 25.5 Å². The van der Waals surface area contributed by atoms with Gasteiger partial charge in [0.15, 0.2) is 0 Å². The summed E-state index contributed by atoms with van der Waals surface area (Å²) in [7, 11) is 1.85. The number of amidine groups is 1. The largest absolute Gasteiger partial charge is 0.384 e. The Morgan fingerprint density at radius 1 is 1.23 bits per heavy atom. The molecular weight excluding hydrogens is 416 g/mol. The summed E-state index contributed by atoms with van der Waals surface area (Å²) in [5, 5.41) is 18.2.